The van der Waals surface area contributed by atoms with Crippen molar-refractivity contribution in [2.75, 3.05) is 14.2 Å². The first-order valence-corrected chi connectivity index (χ1v) is 21.7. The van der Waals surface area contributed by atoms with Crippen LogP contribution in [-0.2, 0) is 46.2 Å². The van der Waals surface area contributed by atoms with Crippen LogP contribution in [0.1, 0.15) is 11.1 Å². The third-order valence-electron chi connectivity index (χ3n) is 4.47. The van der Waals surface area contributed by atoms with E-state index >= 15 is 0 Å². The van der Waals surface area contributed by atoms with Crippen molar-refractivity contribution in [3.63, 3.8) is 0 Å². The standard InChI is InChI=1S/2C12H12N2O2.4ClH.H2O2.H2O.2Pt/c2*1-16-10-3-5-14-12(7-10)11-6-9(8-15)2-4-13-11;;;;;1-2;;;/h2*2-7,15H,8H2,1H3;4*1H;1-2H;1H2;;/q;;;;;;;;2*+2/p-4. The first-order valence-electron chi connectivity index (χ1n) is 10.5. The summed E-state index contributed by atoms with van der Waals surface area (Å²) >= 11 is -0.944. The van der Waals surface area contributed by atoms with E-state index in [9.17, 15) is 0 Å². The Hall–Kier alpha value is -1.46. The monoisotopic (exact) mass is 1010 g/mol. The van der Waals surface area contributed by atoms with E-state index in [-0.39, 0.29) is 18.7 Å². The van der Waals surface area contributed by atoms with Crippen molar-refractivity contribution in [2.24, 2.45) is 0 Å². The quantitative estimate of drug-likeness (QED) is 0.148. The average molecular weight is 1020 g/mol. The summed E-state index contributed by atoms with van der Waals surface area (Å²) in [5, 5.41) is 30.1. The van der Waals surface area contributed by atoms with Gasteiger partial charge in [-0.05, 0) is 47.5 Å². The molecular weight excluding hydrogens is 988 g/mol. The number of ether oxygens (including phenoxy) is 2. The second-order valence-electron chi connectivity index (χ2n) is 6.67. The Kier molecular flexibility index (Phi) is 27.8. The fourth-order valence-electron chi connectivity index (χ4n) is 2.78. The molecule has 0 aliphatic heterocycles. The second kappa shape index (κ2) is 27.4. The second-order valence-corrected chi connectivity index (χ2v) is 13.2. The molecule has 0 spiro atoms. The molecule has 4 rings (SSSR count). The molecule has 0 amide bonds. The summed E-state index contributed by atoms with van der Waals surface area (Å²) < 4.78 is 10.2. The van der Waals surface area contributed by atoms with Crippen LogP contribution in [0, 0.1) is 0 Å². The Morgan fingerprint density at radius 3 is 1.12 bits per heavy atom. The Labute approximate surface area is 270 Å². The van der Waals surface area contributed by atoms with Crippen LogP contribution in [0.3, 0.4) is 0 Å². The Morgan fingerprint density at radius 1 is 0.585 bits per heavy atom. The zero-order valence-electron chi connectivity index (χ0n) is 21.4. The summed E-state index contributed by atoms with van der Waals surface area (Å²) in [5.41, 5.74) is 4.55. The van der Waals surface area contributed by atoms with E-state index in [0.717, 1.165) is 45.4 Å². The van der Waals surface area contributed by atoms with Crippen molar-refractivity contribution >= 4 is 37.7 Å². The van der Waals surface area contributed by atoms with Crippen molar-refractivity contribution in [1.82, 2.24) is 19.9 Å². The number of nitrogens with zero attached hydrogens (tertiary/aromatic N) is 4. The van der Waals surface area contributed by atoms with E-state index in [0.29, 0.717) is 0 Å². The third-order valence-corrected chi connectivity index (χ3v) is 4.47. The SMILES string of the molecule is COc1ccnc(-c2cc(CO)ccn2)c1.COc1ccnc(-c2cc(CO)ccn2)c1.O.OO.[Cl][Pt][Cl].[Cl][Pt][Cl]. The van der Waals surface area contributed by atoms with E-state index in [1.165, 1.54) is 0 Å². The molecule has 0 unspecified atom stereocenters. The summed E-state index contributed by atoms with van der Waals surface area (Å²) in [5.74, 6) is 1.47. The van der Waals surface area contributed by atoms with Gasteiger partial charge in [-0.3, -0.25) is 30.5 Å². The molecule has 234 valence electrons. The molecule has 0 saturated carbocycles. The molecular formula is C24H28Cl4N4O7Pt2. The van der Waals surface area contributed by atoms with E-state index in [4.69, 9.17) is 67.9 Å². The summed E-state index contributed by atoms with van der Waals surface area (Å²) in [6, 6.07) is 14.3. The topological polar surface area (TPSA) is 182 Å². The summed E-state index contributed by atoms with van der Waals surface area (Å²) in [4.78, 5) is 16.8. The molecule has 6 N–H and O–H groups in total. The zero-order valence-corrected chi connectivity index (χ0v) is 28.9. The number of methoxy groups -OCH3 is 2. The van der Waals surface area contributed by atoms with Gasteiger partial charge in [0.25, 0.3) is 0 Å². The molecule has 0 saturated heterocycles. The van der Waals surface area contributed by atoms with Gasteiger partial charge >= 0.3 is 70.6 Å². The molecule has 0 bridgehead atoms. The van der Waals surface area contributed by atoms with Crippen molar-refractivity contribution < 1.29 is 68.6 Å². The van der Waals surface area contributed by atoms with E-state index in [1.807, 2.05) is 24.3 Å². The molecule has 0 fully saturated rings. The maximum atomic E-state index is 9.04. The number of aromatic nitrogens is 4. The van der Waals surface area contributed by atoms with Gasteiger partial charge in [-0.15, -0.1) is 0 Å². The van der Waals surface area contributed by atoms with Crippen molar-refractivity contribution in [3.8, 4) is 34.3 Å². The van der Waals surface area contributed by atoms with Crippen molar-refractivity contribution in [2.45, 2.75) is 13.2 Å². The predicted molar refractivity (Wildman–Crippen MR) is 152 cm³/mol. The molecule has 4 aromatic rings. The molecule has 11 nitrogen and oxygen atoms in total. The average Bonchev–Trinajstić information content (AvgIpc) is 3.03. The number of hydrogen-bond donors (Lipinski definition) is 4. The maximum absolute atomic E-state index is 9.04. The fourth-order valence-corrected chi connectivity index (χ4v) is 2.78. The molecule has 17 heteroatoms. The molecule has 41 heavy (non-hydrogen) atoms. The zero-order chi connectivity index (χ0) is 30.2. The number of aliphatic hydroxyl groups is 2. The van der Waals surface area contributed by atoms with Gasteiger partial charge in [0.2, 0.25) is 0 Å². The van der Waals surface area contributed by atoms with Gasteiger partial charge in [0.05, 0.1) is 50.2 Å². The Morgan fingerprint density at radius 2 is 0.854 bits per heavy atom. The molecule has 0 radical (unpaired) electrons. The number of hydrogen-bond acceptors (Lipinski definition) is 10. The van der Waals surface area contributed by atoms with Crippen LogP contribution in [0.25, 0.3) is 22.8 Å². The molecule has 4 aromatic heterocycles. The molecule has 0 aliphatic carbocycles. The van der Waals surface area contributed by atoms with E-state index < -0.39 is 33.0 Å². The van der Waals surface area contributed by atoms with Gasteiger partial charge in [-0.2, -0.15) is 0 Å². The van der Waals surface area contributed by atoms with Crippen LogP contribution >= 0.6 is 37.7 Å². The van der Waals surface area contributed by atoms with E-state index in [1.54, 1.807) is 63.3 Å². The minimum atomic E-state index is -0.472. The van der Waals surface area contributed by atoms with Gasteiger partial charge < -0.3 is 25.2 Å². The van der Waals surface area contributed by atoms with Crippen LogP contribution in [0.4, 0.5) is 0 Å². The first kappa shape index (κ1) is 41.7. The van der Waals surface area contributed by atoms with Crippen LogP contribution in [0.5, 0.6) is 11.5 Å². The van der Waals surface area contributed by atoms with Crippen LogP contribution in [0.15, 0.2) is 73.3 Å². The summed E-state index contributed by atoms with van der Waals surface area (Å²) in [6.45, 7) is -0.00101. The van der Waals surface area contributed by atoms with Crippen molar-refractivity contribution in [1.29, 1.82) is 0 Å². The first-order chi connectivity index (χ1) is 19.5. The summed E-state index contributed by atoms with van der Waals surface area (Å²) in [7, 11) is 22.7. The number of aliphatic hydroxyl groups excluding tert-OH is 2. The molecule has 0 aromatic carbocycles. The third kappa shape index (κ3) is 17.3. The molecule has 0 atom stereocenters. The van der Waals surface area contributed by atoms with Crippen LogP contribution in [-0.4, -0.2) is 60.4 Å². The number of pyridine rings is 4. The van der Waals surface area contributed by atoms with Gasteiger partial charge in [-0.1, -0.05) is 0 Å². The van der Waals surface area contributed by atoms with Gasteiger partial charge in [-0.25, -0.2) is 0 Å². The van der Waals surface area contributed by atoms with Crippen LogP contribution < -0.4 is 9.47 Å². The minimum absolute atomic E-state index is 0. The summed E-state index contributed by atoms with van der Waals surface area (Å²) in [6.07, 6.45) is 6.65. The van der Waals surface area contributed by atoms with Crippen molar-refractivity contribution in [3.05, 3.63) is 84.4 Å². The van der Waals surface area contributed by atoms with E-state index in [2.05, 4.69) is 19.9 Å². The van der Waals surface area contributed by atoms with Gasteiger partial charge in [0.1, 0.15) is 11.5 Å². The van der Waals surface area contributed by atoms with Crippen LogP contribution in [0.2, 0.25) is 0 Å². The predicted octanol–water partition coefficient (Wildman–Crippen LogP) is 5.23. The normalized spacial score (nSPS) is 9.12. The number of halogens is 4. The van der Waals surface area contributed by atoms with Gasteiger partial charge in [0.15, 0.2) is 0 Å². The Bertz CT molecular complexity index is 1040. The fraction of sp³-hybridized carbons (Fsp3) is 0.167. The van der Waals surface area contributed by atoms with Gasteiger partial charge in [0, 0.05) is 36.9 Å². The Balaban J connectivity index is 0. The molecule has 4 heterocycles. The molecule has 0 aliphatic rings. The number of rotatable bonds is 6.